The van der Waals surface area contributed by atoms with E-state index in [1.807, 2.05) is 0 Å². The lowest BCUT2D eigenvalue weighted by Gasteiger charge is -2.35. The standard InChI is InChI=1S/C18H28BrN3O4S/c1-3-4-6-21-16(25)14-18-9-10(19)13(27-18)11(15(24)20-2)12(18)17(26)22(14)7-5-8-23/h10-14,23H,3-9H2,1-2H3,(H,20,24)(H,21,25)/t10?,11-,12+,13-,14?,18?/m1/s1. The highest BCUT2D eigenvalue weighted by Crippen LogP contribution is 2.67. The Hall–Kier alpha value is -0.800. The van der Waals surface area contributed by atoms with Crippen LogP contribution in [0.25, 0.3) is 0 Å². The first-order chi connectivity index (χ1) is 12.9. The molecule has 1 spiro atoms. The summed E-state index contributed by atoms with van der Waals surface area (Å²) in [7, 11) is 1.59. The number of nitrogens with one attached hydrogen (secondary N) is 2. The van der Waals surface area contributed by atoms with Crippen molar-refractivity contribution in [2.45, 2.75) is 53.5 Å². The monoisotopic (exact) mass is 461 g/mol. The van der Waals surface area contributed by atoms with Crippen molar-refractivity contribution in [1.29, 1.82) is 0 Å². The second-order valence-corrected chi connectivity index (χ2v) is 10.2. The molecule has 7 nitrogen and oxygen atoms in total. The maximum atomic E-state index is 13.3. The summed E-state index contributed by atoms with van der Waals surface area (Å²) in [4.78, 5) is 40.7. The van der Waals surface area contributed by atoms with Gasteiger partial charge < -0.3 is 20.6 Å². The highest BCUT2D eigenvalue weighted by Gasteiger charge is 2.75. The predicted octanol–water partition coefficient (Wildman–Crippen LogP) is 0.496. The maximum Gasteiger partial charge on any atom is 0.244 e. The minimum atomic E-state index is -0.594. The second-order valence-electron chi connectivity index (χ2n) is 7.53. The van der Waals surface area contributed by atoms with Gasteiger partial charge in [0.05, 0.1) is 16.6 Å². The predicted molar refractivity (Wildman–Crippen MR) is 108 cm³/mol. The molecule has 0 radical (unpaired) electrons. The zero-order chi connectivity index (χ0) is 19.8. The van der Waals surface area contributed by atoms with E-state index in [0.717, 1.165) is 12.8 Å². The van der Waals surface area contributed by atoms with Crippen LogP contribution in [0.3, 0.4) is 0 Å². The highest BCUT2D eigenvalue weighted by atomic mass is 79.9. The Morgan fingerprint density at radius 1 is 1.37 bits per heavy atom. The van der Waals surface area contributed by atoms with Crippen molar-refractivity contribution in [2.24, 2.45) is 11.8 Å². The van der Waals surface area contributed by atoms with Gasteiger partial charge in [-0.25, -0.2) is 0 Å². The Bertz CT molecular complexity index is 621. The van der Waals surface area contributed by atoms with Crippen LogP contribution in [-0.2, 0) is 14.4 Å². The highest BCUT2D eigenvalue weighted by molar-refractivity contribution is 9.09. The van der Waals surface area contributed by atoms with Crippen LogP contribution in [0.1, 0.15) is 32.6 Å². The maximum absolute atomic E-state index is 13.3. The number of hydrogen-bond acceptors (Lipinski definition) is 5. The van der Waals surface area contributed by atoms with Crippen molar-refractivity contribution in [1.82, 2.24) is 15.5 Å². The van der Waals surface area contributed by atoms with E-state index in [1.165, 1.54) is 0 Å². The molecule has 152 valence electrons. The van der Waals surface area contributed by atoms with Gasteiger partial charge in [0.15, 0.2) is 0 Å². The number of aliphatic hydroxyl groups is 1. The van der Waals surface area contributed by atoms with Crippen LogP contribution in [-0.4, -0.2) is 75.3 Å². The summed E-state index contributed by atoms with van der Waals surface area (Å²) in [6, 6.07) is -0.594. The van der Waals surface area contributed by atoms with Gasteiger partial charge in [0.1, 0.15) is 6.04 Å². The van der Waals surface area contributed by atoms with Crippen LogP contribution in [0.15, 0.2) is 0 Å². The van der Waals surface area contributed by atoms with Crippen molar-refractivity contribution < 1.29 is 19.5 Å². The summed E-state index contributed by atoms with van der Waals surface area (Å²) >= 11 is 5.33. The van der Waals surface area contributed by atoms with E-state index in [-0.39, 0.29) is 34.4 Å². The second kappa shape index (κ2) is 8.29. The molecule has 3 amide bonds. The number of fused-ring (bicyclic) bond motifs is 1. The lowest BCUT2D eigenvalue weighted by Crippen LogP contribution is -2.54. The number of halogens is 1. The smallest absolute Gasteiger partial charge is 0.244 e. The molecule has 3 heterocycles. The lowest BCUT2D eigenvalue weighted by molar-refractivity contribution is -0.140. The van der Waals surface area contributed by atoms with Gasteiger partial charge in [-0.1, -0.05) is 29.3 Å². The molecule has 0 aromatic heterocycles. The zero-order valence-corrected chi connectivity index (χ0v) is 18.1. The average molecular weight is 462 g/mol. The van der Waals surface area contributed by atoms with Crippen LogP contribution in [0.2, 0.25) is 0 Å². The average Bonchev–Trinajstić information content (AvgIpc) is 3.23. The molecule has 3 N–H and O–H groups in total. The Labute approximate surface area is 172 Å². The van der Waals surface area contributed by atoms with Crippen LogP contribution >= 0.6 is 27.7 Å². The number of carbonyl (C=O) groups excluding carboxylic acids is 3. The molecule has 0 aromatic carbocycles. The normalized spacial score (nSPS) is 36.8. The van der Waals surface area contributed by atoms with E-state index in [9.17, 15) is 19.5 Å². The summed E-state index contributed by atoms with van der Waals surface area (Å²) < 4.78 is -0.584. The molecule has 3 aliphatic rings. The molecular formula is C18H28BrN3O4S. The molecule has 27 heavy (non-hydrogen) atoms. The van der Waals surface area contributed by atoms with E-state index in [1.54, 1.807) is 23.7 Å². The van der Waals surface area contributed by atoms with Gasteiger partial charge in [0.25, 0.3) is 0 Å². The first-order valence-electron chi connectivity index (χ1n) is 9.65. The first kappa shape index (κ1) is 20.9. The third kappa shape index (κ3) is 3.29. The summed E-state index contributed by atoms with van der Waals surface area (Å²) in [6.07, 6.45) is 2.97. The lowest BCUT2D eigenvalue weighted by atomic mass is 9.70. The first-order valence-corrected chi connectivity index (χ1v) is 11.4. The van der Waals surface area contributed by atoms with Gasteiger partial charge in [-0.15, -0.1) is 11.8 Å². The minimum absolute atomic E-state index is 0.00941. The fourth-order valence-corrected chi connectivity index (χ4v) is 8.48. The van der Waals surface area contributed by atoms with Gasteiger partial charge >= 0.3 is 0 Å². The number of rotatable bonds is 8. The molecule has 0 aromatic rings. The van der Waals surface area contributed by atoms with Crippen LogP contribution in [0.4, 0.5) is 0 Å². The van der Waals surface area contributed by atoms with Crippen molar-refractivity contribution >= 4 is 45.4 Å². The number of unbranched alkanes of at least 4 members (excludes halogenated alkanes) is 1. The molecule has 6 atom stereocenters. The van der Waals surface area contributed by atoms with Gasteiger partial charge in [-0.3, -0.25) is 14.4 Å². The van der Waals surface area contributed by atoms with Crippen molar-refractivity contribution in [3.63, 3.8) is 0 Å². The summed E-state index contributed by atoms with van der Waals surface area (Å²) in [5, 5.41) is 14.9. The Kier molecular flexibility index (Phi) is 6.42. The van der Waals surface area contributed by atoms with Gasteiger partial charge in [-0.2, -0.15) is 0 Å². The van der Waals surface area contributed by atoms with E-state index >= 15 is 0 Å². The molecule has 0 aliphatic carbocycles. The largest absolute Gasteiger partial charge is 0.396 e. The third-order valence-electron chi connectivity index (χ3n) is 5.97. The van der Waals surface area contributed by atoms with Gasteiger partial charge in [0.2, 0.25) is 17.7 Å². The molecule has 3 unspecified atom stereocenters. The van der Waals surface area contributed by atoms with Crippen LogP contribution < -0.4 is 10.6 Å². The molecular weight excluding hydrogens is 434 g/mol. The number of thioether (sulfide) groups is 1. The zero-order valence-electron chi connectivity index (χ0n) is 15.7. The number of hydrogen-bond donors (Lipinski definition) is 3. The minimum Gasteiger partial charge on any atom is -0.396 e. The molecule has 2 bridgehead atoms. The van der Waals surface area contributed by atoms with E-state index < -0.39 is 22.6 Å². The molecule has 0 saturated carbocycles. The molecule has 3 saturated heterocycles. The number of amides is 3. The Morgan fingerprint density at radius 2 is 2.11 bits per heavy atom. The molecule has 3 aliphatic heterocycles. The summed E-state index contributed by atoms with van der Waals surface area (Å²) in [5.74, 6) is -1.31. The van der Waals surface area contributed by atoms with Crippen molar-refractivity contribution in [3.05, 3.63) is 0 Å². The summed E-state index contributed by atoms with van der Waals surface area (Å²) in [5.41, 5.74) is 0. The van der Waals surface area contributed by atoms with Crippen LogP contribution in [0, 0.1) is 11.8 Å². The Morgan fingerprint density at radius 3 is 2.74 bits per heavy atom. The molecule has 3 fully saturated rings. The SMILES string of the molecule is CCCCNC(=O)C1N(CCCO)C(=O)[C@@H]2[C@@H](C(=O)NC)[C@@H]3SC12CC3Br. The fourth-order valence-electron chi connectivity index (χ4n) is 4.86. The topological polar surface area (TPSA) is 98.7 Å². The fraction of sp³-hybridized carbons (Fsp3) is 0.833. The number of nitrogens with zero attached hydrogens (tertiary/aromatic N) is 1. The van der Waals surface area contributed by atoms with Crippen molar-refractivity contribution in [2.75, 3.05) is 26.7 Å². The molecule has 9 heteroatoms. The third-order valence-corrected chi connectivity index (χ3v) is 9.19. The van der Waals surface area contributed by atoms with E-state index in [2.05, 4.69) is 33.5 Å². The van der Waals surface area contributed by atoms with Crippen LogP contribution in [0.5, 0.6) is 0 Å². The van der Waals surface area contributed by atoms with Crippen molar-refractivity contribution in [3.8, 4) is 0 Å². The number of alkyl halides is 1. The Balaban J connectivity index is 1.95. The number of carbonyl (C=O) groups is 3. The summed E-state index contributed by atoms with van der Waals surface area (Å²) in [6.45, 7) is 2.93. The van der Waals surface area contributed by atoms with Gasteiger partial charge in [0, 0.05) is 36.8 Å². The number of likely N-dealkylation sites (tertiary alicyclic amines) is 1. The quantitative estimate of drug-likeness (QED) is 0.361. The number of aliphatic hydroxyl groups excluding tert-OH is 1. The molecule has 3 rings (SSSR count). The van der Waals surface area contributed by atoms with E-state index in [0.29, 0.717) is 25.9 Å². The van der Waals surface area contributed by atoms with E-state index in [4.69, 9.17) is 0 Å². The van der Waals surface area contributed by atoms with Gasteiger partial charge in [-0.05, 0) is 19.3 Å².